The first-order chi connectivity index (χ1) is 15.2. The lowest BCUT2D eigenvalue weighted by atomic mass is 9.82. The van der Waals surface area contributed by atoms with Crippen LogP contribution in [0.1, 0.15) is 45.8 Å². The molecule has 2 aliphatic rings. The molecule has 0 bridgehead atoms. The van der Waals surface area contributed by atoms with Crippen molar-refractivity contribution in [2.75, 3.05) is 13.1 Å². The number of fused-ring (bicyclic) bond motifs is 2. The van der Waals surface area contributed by atoms with Crippen molar-refractivity contribution in [1.29, 1.82) is 0 Å². The fraction of sp³-hybridized carbons (Fsp3) is 0.308. The Morgan fingerprint density at radius 1 is 1.00 bits per heavy atom. The molecule has 3 heterocycles. The number of hydrogen-bond donors (Lipinski definition) is 0. The minimum absolute atomic E-state index is 0.217. The molecule has 1 unspecified atom stereocenters. The zero-order valence-corrected chi connectivity index (χ0v) is 18.9. The Morgan fingerprint density at radius 3 is 2.71 bits per heavy atom. The molecule has 2 aromatic heterocycles. The SMILES string of the molecule is ClCc1cncc(CN2CC=C(C3c4ccc(Cl)cc4CCc4cccnc43)CC2)c1. The van der Waals surface area contributed by atoms with Crippen LogP contribution in [0.4, 0.5) is 0 Å². The first-order valence-electron chi connectivity index (χ1n) is 10.8. The number of nitrogens with zero attached hydrogens (tertiary/aromatic N) is 3. The molecular formula is C26H25Cl2N3. The summed E-state index contributed by atoms with van der Waals surface area (Å²) >= 11 is 12.3. The summed E-state index contributed by atoms with van der Waals surface area (Å²) in [6.07, 6.45) is 11.2. The summed E-state index contributed by atoms with van der Waals surface area (Å²) in [6.45, 7) is 2.85. The van der Waals surface area contributed by atoms with E-state index in [1.807, 2.05) is 24.7 Å². The second kappa shape index (κ2) is 9.12. The Hall–Kier alpha value is -2.20. The highest BCUT2D eigenvalue weighted by atomic mass is 35.5. The van der Waals surface area contributed by atoms with Gasteiger partial charge in [0.05, 0.1) is 5.69 Å². The van der Waals surface area contributed by atoms with Crippen molar-refractivity contribution in [1.82, 2.24) is 14.9 Å². The lowest BCUT2D eigenvalue weighted by Crippen LogP contribution is -2.30. The third kappa shape index (κ3) is 4.41. The Morgan fingerprint density at radius 2 is 1.87 bits per heavy atom. The maximum atomic E-state index is 6.34. The van der Waals surface area contributed by atoms with E-state index >= 15 is 0 Å². The van der Waals surface area contributed by atoms with Crippen LogP contribution in [0.5, 0.6) is 0 Å². The van der Waals surface area contributed by atoms with Crippen molar-refractivity contribution in [3.05, 3.63) is 105 Å². The van der Waals surface area contributed by atoms with E-state index < -0.39 is 0 Å². The van der Waals surface area contributed by atoms with E-state index in [0.717, 1.165) is 49.5 Å². The van der Waals surface area contributed by atoms with Gasteiger partial charge in [0.15, 0.2) is 0 Å². The van der Waals surface area contributed by atoms with E-state index in [1.165, 1.54) is 33.5 Å². The van der Waals surface area contributed by atoms with Gasteiger partial charge in [-0.25, -0.2) is 0 Å². The molecule has 0 radical (unpaired) electrons. The number of rotatable bonds is 4. The molecule has 5 heteroatoms. The molecular weight excluding hydrogens is 425 g/mol. The summed E-state index contributed by atoms with van der Waals surface area (Å²) in [5, 5.41) is 0.813. The number of pyridine rings is 2. The minimum Gasteiger partial charge on any atom is -0.295 e. The highest BCUT2D eigenvalue weighted by Gasteiger charge is 2.29. The molecule has 0 spiro atoms. The Kier molecular flexibility index (Phi) is 6.08. The van der Waals surface area contributed by atoms with E-state index in [4.69, 9.17) is 28.2 Å². The van der Waals surface area contributed by atoms with Crippen molar-refractivity contribution >= 4 is 23.2 Å². The van der Waals surface area contributed by atoms with E-state index in [9.17, 15) is 0 Å². The normalized spacial score (nSPS) is 18.6. The summed E-state index contributed by atoms with van der Waals surface area (Å²) in [4.78, 5) is 11.7. The molecule has 1 atom stereocenters. The van der Waals surface area contributed by atoms with E-state index in [1.54, 1.807) is 0 Å². The van der Waals surface area contributed by atoms with Gasteiger partial charge in [-0.05, 0) is 65.3 Å². The van der Waals surface area contributed by atoms with Crippen LogP contribution in [-0.4, -0.2) is 28.0 Å². The molecule has 1 aromatic carbocycles. The van der Waals surface area contributed by atoms with Crippen LogP contribution >= 0.6 is 23.2 Å². The fourth-order valence-corrected chi connectivity index (χ4v) is 5.22. The minimum atomic E-state index is 0.217. The fourth-order valence-electron chi connectivity index (χ4n) is 4.88. The molecule has 1 aliphatic heterocycles. The first-order valence-corrected chi connectivity index (χ1v) is 11.7. The number of aryl methyl sites for hydroxylation is 2. The average molecular weight is 450 g/mol. The zero-order valence-electron chi connectivity index (χ0n) is 17.4. The van der Waals surface area contributed by atoms with E-state index in [0.29, 0.717) is 5.88 Å². The average Bonchev–Trinajstić information content (AvgIpc) is 2.96. The molecule has 31 heavy (non-hydrogen) atoms. The third-order valence-corrected chi connectivity index (χ3v) is 6.93. The van der Waals surface area contributed by atoms with Crippen LogP contribution in [-0.2, 0) is 25.3 Å². The van der Waals surface area contributed by atoms with Crippen molar-refractivity contribution < 1.29 is 0 Å². The van der Waals surface area contributed by atoms with Gasteiger partial charge in [0.2, 0.25) is 0 Å². The molecule has 0 amide bonds. The van der Waals surface area contributed by atoms with Gasteiger partial charge in [-0.1, -0.05) is 41.4 Å². The summed E-state index contributed by atoms with van der Waals surface area (Å²) in [5.41, 5.74) is 9.03. The smallest absolute Gasteiger partial charge is 0.0551 e. The lowest BCUT2D eigenvalue weighted by molar-refractivity contribution is 0.283. The number of hydrogen-bond acceptors (Lipinski definition) is 3. The highest BCUT2D eigenvalue weighted by Crippen LogP contribution is 2.40. The van der Waals surface area contributed by atoms with Crippen LogP contribution in [0.2, 0.25) is 5.02 Å². The number of halogens is 2. The van der Waals surface area contributed by atoms with Crippen LogP contribution in [0.3, 0.4) is 0 Å². The molecule has 0 fully saturated rings. The Labute approximate surface area is 193 Å². The quantitative estimate of drug-likeness (QED) is 0.364. The van der Waals surface area contributed by atoms with Gasteiger partial charge >= 0.3 is 0 Å². The van der Waals surface area contributed by atoms with Gasteiger partial charge in [0.25, 0.3) is 0 Å². The van der Waals surface area contributed by atoms with Gasteiger partial charge in [0.1, 0.15) is 0 Å². The number of aromatic nitrogens is 2. The molecule has 5 rings (SSSR count). The molecule has 158 valence electrons. The molecule has 3 aromatic rings. The van der Waals surface area contributed by atoms with Gasteiger partial charge in [0, 0.05) is 55.0 Å². The maximum Gasteiger partial charge on any atom is 0.0551 e. The van der Waals surface area contributed by atoms with Gasteiger partial charge in [-0.15, -0.1) is 11.6 Å². The van der Waals surface area contributed by atoms with Gasteiger partial charge in [-0.2, -0.15) is 0 Å². The standard InChI is InChI=1S/C26H25Cl2N3/c27-14-18-12-19(16-29-15-18)17-31-10-7-20(8-11-31)25-24-6-5-23(28)13-22(24)4-3-21-2-1-9-30-26(21)25/h1-2,5-7,9,12-13,15-16,25H,3-4,8,10-11,14,17H2. The van der Waals surface area contributed by atoms with Crippen LogP contribution in [0, 0.1) is 0 Å². The predicted octanol–water partition coefficient (Wildman–Crippen LogP) is 5.93. The van der Waals surface area contributed by atoms with Crippen LogP contribution in [0.15, 0.2) is 66.6 Å². The first kappa shape index (κ1) is 20.7. The monoisotopic (exact) mass is 449 g/mol. The molecule has 3 nitrogen and oxygen atoms in total. The van der Waals surface area contributed by atoms with E-state index in [2.05, 4.69) is 46.3 Å². The topological polar surface area (TPSA) is 29.0 Å². The van der Waals surface area contributed by atoms with Crippen LogP contribution < -0.4 is 0 Å². The van der Waals surface area contributed by atoms with Gasteiger partial charge in [-0.3, -0.25) is 14.9 Å². The van der Waals surface area contributed by atoms with Crippen molar-refractivity contribution in [3.63, 3.8) is 0 Å². The summed E-state index contributed by atoms with van der Waals surface area (Å²) in [6, 6.07) is 12.8. The summed E-state index contributed by atoms with van der Waals surface area (Å²) in [5.74, 6) is 0.719. The number of alkyl halides is 1. The second-order valence-electron chi connectivity index (χ2n) is 8.42. The largest absolute Gasteiger partial charge is 0.295 e. The maximum absolute atomic E-state index is 6.34. The Bertz CT molecular complexity index is 1130. The predicted molar refractivity (Wildman–Crippen MR) is 127 cm³/mol. The highest BCUT2D eigenvalue weighted by molar-refractivity contribution is 6.30. The van der Waals surface area contributed by atoms with Crippen molar-refractivity contribution in [3.8, 4) is 0 Å². The molecule has 1 aliphatic carbocycles. The lowest BCUT2D eigenvalue weighted by Gasteiger charge is -2.31. The molecule has 0 saturated carbocycles. The van der Waals surface area contributed by atoms with Crippen molar-refractivity contribution in [2.24, 2.45) is 0 Å². The van der Waals surface area contributed by atoms with Gasteiger partial charge < -0.3 is 0 Å². The summed E-state index contributed by atoms with van der Waals surface area (Å²) < 4.78 is 0. The summed E-state index contributed by atoms with van der Waals surface area (Å²) in [7, 11) is 0. The zero-order chi connectivity index (χ0) is 21.2. The van der Waals surface area contributed by atoms with Crippen molar-refractivity contribution in [2.45, 2.75) is 37.6 Å². The molecule has 0 N–H and O–H groups in total. The van der Waals surface area contributed by atoms with E-state index in [-0.39, 0.29) is 5.92 Å². The third-order valence-electron chi connectivity index (χ3n) is 6.39. The second-order valence-corrected chi connectivity index (χ2v) is 9.13. The number of benzene rings is 1. The molecule has 0 saturated heterocycles. The van der Waals surface area contributed by atoms with Crippen LogP contribution in [0.25, 0.3) is 0 Å². The Balaban J connectivity index is 1.43.